The van der Waals surface area contributed by atoms with Gasteiger partial charge in [-0.3, -0.25) is 4.79 Å². The van der Waals surface area contributed by atoms with Gasteiger partial charge in [-0.1, -0.05) is 35.1 Å². The SMILES string of the molecule is CCOc1cc2nc3sc(=Cc4ccc(Cl)cc4)c(=O)n3c2cc1OCC. The summed E-state index contributed by atoms with van der Waals surface area (Å²) in [4.78, 5) is 18.2. The second kappa shape index (κ2) is 7.21. The maximum atomic E-state index is 13.0. The van der Waals surface area contributed by atoms with Crippen LogP contribution in [-0.2, 0) is 0 Å². The molecule has 0 aliphatic rings. The third-order valence-corrected chi connectivity index (χ3v) is 5.29. The van der Waals surface area contributed by atoms with Gasteiger partial charge in [0, 0.05) is 17.2 Å². The van der Waals surface area contributed by atoms with Gasteiger partial charge in [0.25, 0.3) is 5.56 Å². The van der Waals surface area contributed by atoms with E-state index in [4.69, 9.17) is 21.1 Å². The van der Waals surface area contributed by atoms with Crippen LogP contribution in [0.5, 0.6) is 11.5 Å². The van der Waals surface area contributed by atoms with Crippen LogP contribution in [0.1, 0.15) is 19.4 Å². The second-order valence-electron chi connectivity index (χ2n) is 5.85. The van der Waals surface area contributed by atoms with Crippen LogP contribution in [0.3, 0.4) is 0 Å². The summed E-state index contributed by atoms with van der Waals surface area (Å²) in [6.45, 7) is 4.87. The molecule has 7 heteroatoms. The number of nitrogens with zero attached hydrogens (tertiary/aromatic N) is 2. The molecule has 27 heavy (non-hydrogen) atoms. The van der Waals surface area contributed by atoms with Crippen molar-refractivity contribution in [1.82, 2.24) is 9.38 Å². The van der Waals surface area contributed by atoms with Crippen molar-refractivity contribution < 1.29 is 9.47 Å². The van der Waals surface area contributed by atoms with E-state index in [2.05, 4.69) is 4.98 Å². The van der Waals surface area contributed by atoms with E-state index < -0.39 is 0 Å². The lowest BCUT2D eigenvalue weighted by Crippen LogP contribution is -2.22. The van der Waals surface area contributed by atoms with Crippen LogP contribution in [0, 0.1) is 0 Å². The molecule has 4 aromatic rings. The molecule has 0 atom stereocenters. The minimum atomic E-state index is -0.0981. The fourth-order valence-electron chi connectivity index (χ4n) is 2.92. The van der Waals surface area contributed by atoms with Crippen LogP contribution >= 0.6 is 22.9 Å². The molecule has 0 bridgehead atoms. The van der Waals surface area contributed by atoms with Gasteiger partial charge in [0.05, 0.1) is 28.8 Å². The van der Waals surface area contributed by atoms with Gasteiger partial charge in [0.1, 0.15) is 0 Å². The van der Waals surface area contributed by atoms with Crippen molar-refractivity contribution in [3.05, 3.63) is 61.9 Å². The molecule has 0 unspecified atom stereocenters. The molecule has 0 spiro atoms. The van der Waals surface area contributed by atoms with Crippen molar-refractivity contribution in [3.8, 4) is 11.5 Å². The molecule has 0 N–H and O–H groups in total. The molecule has 0 saturated heterocycles. The molecule has 5 nitrogen and oxygen atoms in total. The Bertz CT molecular complexity index is 1230. The summed E-state index contributed by atoms with van der Waals surface area (Å²) in [6.07, 6.45) is 1.85. The Labute approximate surface area is 164 Å². The molecule has 4 rings (SSSR count). The van der Waals surface area contributed by atoms with Gasteiger partial charge < -0.3 is 9.47 Å². The summed E-state index contributed by atoms with van der Waals surface area (Å²) in [7, 11) is 0. The number of rotatable bonds is 5. The van der Waals surface area contributed by atoms with Gasteiger partial charge in [-0.15, -0.1) is 0 Å². The minimum Gasteiger partial charge on any atom is -0.490 e. The summed E-state index contributed by atoms with van der Waals surface area (Å²) < 4.78 is 13.6. The van der Waals surface area contributed by atoms with E-state index in [1.54, 1.807) is 16.5 Å². The average Bonchev–Trinajstić information content (AvgIpc) is 3.14. The van der Waals surface area contributed by atoms with Crippen molar-refractivity contribution in [2.75, 3.05) is 13.2 Å². The first-order valence-electron chi connectivity index (χ1n) is 8.62. The number of benzene rings is 2. The van der Waals surface area contributed by atoms with E-state index in [-0.39, 0.29) is 5.56 Å². The van der Waals surface area contributed by atoms with Gasteiger partial charge in [-0.05, 0) is 37.6 Å². The molecule has 0 fully saturated rings. The first-order valence-corrected chi connectivity index (χ1v) is 9.82. The molecule has 2 heterocycles. The van der Waals surface area contributed by atoms with Gasteiger partial charge in [0.2, 0.25) is 0 Å². The Morgan fingerprint density at radius 1 is 1.11 bits per heavy atom. The number of hydrogen-bond donors (Lipinski definition) is 0. The van der Waals surface area contributed by atoms with Crippen molar-refractivity contribution in [3.63, 3.8) is 0 Å². The first kappa shape index (κ1) is 17.8. The van der Waals surface area contributed by atoms with Crippen molar-refractivity contribution in [2.45, 2.75) is 13.8 Å². The third-order valence-electron chi connectivity index (χ3n) is 4.07. The van der Waals surface area contributed by atoms with E-state index in [0.717, 1.165) is 5.56 Å². The monoisotopic (exact) mass is 400 g/mol. The molecule has 2 aromatic carbocycles. The Hall–Kier alpha value is -2.57. The van der Waals surface area contributed by atoms with E-state index in [9.17, 15) is 4.79 Å². The molecule has 0 radical (unpaired) electrons. The largest absolute Gasteiger partial charge is 0.490 e. The van der Waals surface area contributed by atoms with Gasteiger partial charge in [-0.25, -0.2) is 9.38 Å². The fourth-order valence-corrected chi connectivity index (χ4v) is 4.03. The highest BCUT2D eigenvalue weighted by Crippen LogP contribution is 2.33. The Balaban J connectivity index is 1.91. The number of hydrogen-bond acceptors (Lipinski definition) is 5. The first-order chi connectivity index (χ1) is 13.1. The van der Waals surface area contributed by atoms with Crippen LogP contribution in [0.2, 0.25) is 5.02 Å². The third kappa shape index (κ3) is 3.26. The number of thiazole rings is 1. The lowest BCUT2D eigenvalue weighted by Gasteiger charge is -2.10. The highest BCUT2D eigenvalue weighted by atomic mass is 35.5. The lowest BCUT2D eigenvalue weighted by atomic mass is 10.2. The number of fused-ring (bicyclic) bond motifs is 3. The maximum Gasteiger partial charge on any atom is 0.274 e. The van der Waals surface area contributed by atoms with E-state index in [1.807, 2.05) is 44.2 Å². The Morgan fingerprint density at radius 2 is 1.78 bits per heavy atom. The molecule has 138 valence electrons. The van der Waals surface area contributed by atoms with Crippen LogP contribution in [0.25, 0.3) is 22.1 Å². The van der Waals surface area contributed by atoms with Crippen LogP contribution in [0.15, 0.2) is 41.2 Å². The van der Waals surface area contributed by atoms with E-state index in [0.29, 0.717) is 50.3 Å². The zero-order valence-electron chi connectivity index (χ0n) is 14.9. The van der Waals surface area contributed by atoms with Crippen molar-refractivity contribution >= 4 is 45.0 Å². The van der Waals surface area contributed by atoms with Crippen molar-refractivity contribution in [2.24, 2.45) is 0 Å². The van der Waals surface area contributed by atoms with Gasteiger partial charge in [0.15, 0.2) is 16.5 Å². The molecule has 2 aromatic heterocycles. The second-order valence-corrected chi connectivity index (χ2v) is 7.30. The zero-order valence-corrected chi connectivity index (χ0v) is 16.4. The normalized spacial score (nSPS) is 12.2. The fraction of sp³-hybridized carbons (Fsp3) is 0.200. The van der Waals surface area contributed by atoms with E-state index in [1.165, 1.54) is 11.3 Å². The molecule has 0 saturated carbocycles. The summed E-state index contributed by atoms with van der Waals surface area (Å²) in [5.41, 5.74) is 2.25. The summed E-state index contributed by atoms with van der Waals surface area (Å²) in [5, 5.41) is 0.662. The molecule has 0 aliphatic heterocycles. The highest BCUT2D eigenvalue weighted by molar-refractivity contribution is 7.15. The molecule has 0 aliphatic carbocycles. The number of ether oxygens (including phenoxy) is 2. The molecular weight excluding hydrogens is 384 g/mol. The predicted molar refractivity (Wildman–Crippen MR) is 109 cm³/mol. The summed E-state index contributed by atoms with van der Waals surface area (Å²) in [6, 6.07) is 11.0. The van der Waals surface area contributed by atoms with Crippen LogP contribution in [-0.4, -0.2) is 22.6 Å². The summed E-state index contributed by atoms with van der Waals surface area (Å²) >= 11 is 7.28. The zero-order chi connectivity index (χ0) is 19.0. The van der Waals surface area contributed by atoms with E-state index >= 15 is 0 Å². The van der Waals surface area contributed by atoms with Crippen LogP contribution in [0.4, 0.5) is 0 Å². The topological polar surface area (TPSA) is 52.8 Å². The molecule has 0 amide bonds. The number of halogens is 1. The molecular formula is C20H17ClN2O3S. The standard InChI is InChI=1S/C20H17ClN2O3S/c1-3-25-16-10-14-15(11-17(16)26-4-2)23-19(24)18(27-20(23)22-14)9-12-5-7-13(21)8-6-12/h5-11H,3-4H2,1-2H3. The minimum absolute atomic E-state index is 0.0981. The number of imidazole rings is 1. The van der Waals surface area contributed by atoms with Gasteiger partial charge in [-0.2, -0.15) is 0 Å². The quantitative estimate of drug-likeness (QED) is 0.509. The Kier molecular flexibility index (Phi) is 4.76. The van der Waals surface area contributed by atoms with Gasteiger partial charge >= 0.3 is 0 Å². The predicted octanol–water partition coefficient (Wildman–Crippen LogP) is 3.91. The van der Waals surface area contributed by atoms with Crippen molar-refractivity contribution in [1.29, 1.82) is 0 Å². The highest BCUT2D eigenvalue weighted by Gasteiger charge is 2.15. The summed E-state index contributed by atoms with van der Waals surface area (Å²) in [5.74, 6) is 1.25. The lowest BCUT2D eigenvalue weighted by molar-refractivity contribution is 0.288. The average molecular weight is 401 g/mol. The maximum absolute atomic E-state index is 13.0. The Morgan fingerprint density at radius 3 is 2.44 bits per heavy atom. The smallest absolute Gasteiger partial charge is 0.274 e. The van der Waals surface area contributed by atoms with Crippen LogP contribution < -0.4 is 19.6 Å². The number of aromatic nitrogens is 2.